The zero-order valence-corrected chi connectivity index (χ0v) is 42.1. The van der Waals surface area contributed by atoms with Crippen molar-refractivity contribution in [3.05, 3.63) is 307 Å². The van der Waals surface area contributed by atoms with Gasteiger partial charge in [-0.1, -0.05) is 299 Å². The fourth-order valence-electron chi connectivity index (χ4n) is 8.76. The van der Waals surface area contributed by atoms with E-state index in [0.717, 1.165) is 18.5 Å². The lowest BCUT2D eigenvalue weighted by atomic mass is 10.2. The van der Waals surface area contributed by atoms with Gasteiger partial charge >= 0.3 is 0 Å². The molecule has 10 aromatic rings. The highest BCUT2D eigenvalue weighted by Crippen LogP contribution is 2.50. The SMILES string of the molecule is Cc1ccccc1.c1ccc(P(c2ccccc2)c2ccccc2CP(Cc2ccccc2P(c2ccccc2)c2ccccc2)Cc2ccccc2P(c2ccccc2)c2ccccc2)cc1. The molecule has 0 bridgehead atoms. The molecule has 10 aromatic carbocycles. The molecule has 0 spiro atoms. The molecule has 68 heavy (non-hydrogen) atoms. The topological polar surface area (TPSA) is 0 Å². The molecule has 0 atom stereocenters. The number of benzene rings is 10. The van der Waals surface area contributed by atoms with Crippen LogP contribution < -0.4 is 47.7 Å². The van der Waals surface area contributed by atoms with Crippen LogP contribution in [0.15, 0.2) is 285 Å². The van der Waals surface area contributed by atoms with Crippen LogP contribution >= 0.6 is 31.7 Å². The molecule has 0 fully saturated rings. The van der Waals surface area contributed by atoms with Gasteiger partial charge in [-0.2, -0.15) is 0 Å². The molecular weight excluding hydrogens is 893 g/mol. The van der Waals surface area contributed by atoms with Gasteiger partial charge in [0, 0.05) is 0 Å². The van der Waals surface area contributed by atoms with E-state index in [1.165, 1.54) is 70.0 Å². The summed E-state index contributed by atoms with van der Waals surface area (Å²) in [6.45, 7) is 2.08. The maximum Gasteiger partial charge on any atom is -0.00606 e. The van der Waals surface area contributed by atoms with Crippen LogP contribution in [0.3, 0.4) is 0 Å². The van der Waals surface area contributed by atoms with E-state index in [1.54, 1.807) is 0 Å². The van der Waals surface area contributed by atoms with Crippen LogP contribution in [-0.4, -0.2) is 0 Å². The maximum absolute atomic E-state index is 2.44. The molecule has 0 nitrogen and oxygen atoms in total. The predicted octanol–water partition coefficient (Wildman–Crippen LogP) is 13.3. The van der Waals surface area contributed by atoms with Crippen LogP contribution in [0.2, 0.25) is 0 Å². The van der Waals surface area contributed by atoms with E-state index in [4.69, 9.17) is 0 Å². The molecule has 0 aliphatic heterocycles. The van der Waals surface area contributed by atoms with E-state index in [0.29, 0.717) is 0 Å². The molecule has 0 unspecified atom stereocenters. The highest BCUT2D eigenvalue weighted by Gasteiger charge is 2.26. The summed E-state index contributed by atoms with van der Waals surface area (Å²) in [6.07, 6.45) is 3.11. The van der Waals surface area contributed by atoms with Gasteiger partial charge < -0.3 is 0 Å². The van der Waals surface area contributed by atoms with Crippen molar-refractivity contribution in [3.8, 4) is 0 Å². The van der Waals surface area contributed by atoms with Gasteiger partial charge in [-0.3, -0.25) is 0 Å². The molecule has 0 aromatic heterocycles. The minimum absolute atomic E-state index is 0.595. The first-order valence-electron chi connectivity index (χ1n) is 23.4. The third-order valence-corrected chi connectivity index (χ3v) is 21.9. The lowest BCUT2D eigenvalue weighted by Crippen LogP contribution is -2.25. The summed E-state index contributed by atoms with van der Waals surface area (Å²) in [5, 5.41) is 12.8. The molecule has 4 heteroatoms. The minimum Gasteiger partial charge on any atom is -0.0932 e. The lowest BCUT2D eigenvalue weighted by Gasteiger charge is -2.28. The average Bonchev–Trinajstić information content (AvgIpc) is 3.40. The van der Waals surface area contributed by atoms with Crippen LogP contribution in [0.25, 0.3) is 0 Å². The maximum atomic E-state index is 2.44. The van der Waals surface area contributed by atoms with Crippen molar-refractivity contribution in [1.82, 2.24) is 0 Å². The highest BCUT2D eigenvalue weighted by atomic mass is 31.1. The Labute approximate surface area is 409 Å². The first-order valence-corrected chi connectivity index (χ1v) is 29.3. The number of hydrogen-bond donors (Lipinski definition) is 0. The van der Waals surface area contributed by atoms with Crippen molar-refractivity contribution in [3.63, 3.8) is 0 Å². The average molecular weight is 949 g/mol. The quantitative estimate of drug-likeness (QED) is 0.0899. The van der Waals surface area contributed by atoms with E-state index in [2.05, 4.69) is 274 Å². The van der Waals surface area contributed by atoms with E-state index in [-0.39, 0.29) is 0 Å². The Morgan fingerprint density at radius 3 is 0.618 bits per heavy atom. The molecule has 10 rings (SSSR count). The van der Waals surface area contributed by atoms with Crippen LogP contribution in [0.5, 0.6) is 0 Å². The fourth-order valence-corrected chi connectivity index (χ4v) is 19.2. The van der Waals surface area contributed by atoms with Crippen LogP contribution in [0.4, 0.5) is 0 Å². The molecule has 0 heterocycles. The van der Waals surface area contributed by atoms with E-state index in [1.807, 2.05) is 18.2 Å². The normalized spacial score (nSPS) is 11.1. The predicted molar refractivity (Wildman–Crippen MR) is 305 cm³/mol. The molecule has 0 amide bonds. The molecule has 0 aliphatic carbocycles. The smallest absolute Gasteiger partial charge is 0.00606 e. The van der Waals surface area contributed by atoms with Gasteiger partial charge in [-0.05, 0) is 114 Å². The Balaban J connectivity index is 0.000000758. The van der Waals surface area contributed by atoms with Gasteiger partial charge in [0.25, 0.3) is 0 Å². The number of hydrogen-bond acceptors (Lipinski definition) is 0. The fraction of sp³-hybridized carbons (Fsp3) is 0.0625. The second-order valence-electron chi connectivity index (χ2n) is 16.7. The highest BCUT2D eigenvalue weighted by molar-refractivity contribution is 7.81. The Kier molecular flexibility index (Phi) is 16.8. The summed E-state index contributed by atoms with van der Waals surface area (Å²) in [7, 11) is -2.85. The summed E-state index contributed by atoms with van der Waals surface area (Å²) in [4.78, 5) is 0. The first-order chi connectivity index (χ1) is 33.7. The molecular formula is C64H56P4. The third-order valence-electron chi connectivity index (χ3n) is 11.9. The van der Waals surface area contributed by atoms with Crippen molar-refractivity contribution in [2.45, 2.75) is 25.4 Å². The summed E-state index contributed by atoms with van der Waals surface area (Å²) in [5.74, 6) is 0. The van der Waals surface area contributed by atoms with Crippen LogP contribution in [0, 0.1) is 6.92 Å². The van der Waals surface area contributed by atoms with E-state index >= 15 is 0 Å². The minimum atomic E-state index is -0.753. The van der Waals surface area contributed by atoms with Crippen LogP contribution in [0.1, 0.15) is 22.3 Å². The molecule has 0 saturated carbocycles. The van der Waals surface area contributed by atoms with Crippen molar-refractivity contribution in [2.75, 3.05) is 0 Å². The first kappa shape index (κ1) is 47.0. The lowest BCUT2D eigenvalue weighted by molar-refractivity contribution is 1.28. The molecule has 0 N–H and O–H groups in total. The molecule has 0 aliphatic rings. The summed E-state index contributed by atoms with van der Waals surface area (Å²) in [5.41, 5.74) is 5.75. The Morgan fingerprint density at radius 2 is 0.412 bits per heavy atom. The van der Waals surface area contributed by atoms with Gasteiger partial charge in [0.2, 0.25) is 0 Å². The Hall–Kier alpha value is -6.08. The molecule has 0 saturated heterocycles. The molecule has 332 valence electrons. The largest absolute Gasteiger partial charge is 0.0932 e. The standard InChI is InChI=1S/C57H48P4.C7H8/c1-7-28-49(29-8-1)59(50-30-9-2-10-31-50)55-40-22-19-25-46(55)43-58(44-47-26-20-23-41-56(47)60(51-32-11-3-12-33-51)52-34-13-4-14-35-52)45-48-27-21-24-42-57(48)61(53-36-15-5-16-37-53)54-38-17-6-18-39-54;1-7-5-3-2-4-6-7/h1-42H,43-45H2;2-6H,1H3. The summed E-state index contributed by atoms with van der Waals surface area (Å²) < 4.78 is 0. The van der Waals surface area contributed by atoms with Gasteiger partial charge in [0.15, 0.2) is 0 Å². The summed E-state index contributed by atoms with van der Waals surface area (Å²) >= 11 is 0. The van der Waals surface area contributed by atoms with Gasteiger partial charge in [0.1, 0.15) is 0 Å². The number of rotatable bonds is 15. The molecule has 0 radical (unpaired) electrons. The van der Waals surface area contributed by atoms with Crippen molar-refractivity contribution >= 4 is 79.4 Å². The van der Waals surface area contributed by atoms with E-state index in [9.17, 15) is 0 Å². The number of aryl methyl sites for hydroxylation is 1. The Morgan fingerprint density at radius 1 is 0.221 bits per heavy atom. The van der Waals surface area contributed by atoms with Gasteiger partial charge in [-0.25, -0.2) is 0 Å². The van der Waals surface area contributed by atoms with E-state index < -0.39 is 31.7 Å². The second kappa shape index (κ2) is 24.3. The monoisotopic (exact) mass is 948 g/mol. The van der Waals surface area contributed by atoms with Gasteiger partial charge in [0.05, 0.1) is 0 Å². The van der Waals surface area contributed by atoms with Crippen molar-refractivity contribution in [2.24, 2.45) is 0 Å². The van der Waals surface area contributed by atoms with Crippen molar-refractivity contribution < 1.29 is 0 Å². The van der Waals surface area contributed by atoms with Gasteiger partial charge in [-0.15, -0.1) is 0 Å². The van der Waals surface area contributed by atoms with Crippen molar-refractivity contribution in [1.29, 1.82) is 0 Å². The third kappa shape index (κ3) is 12.1. The second-order valence-corrected chi connectivity index (χ2v) is 25.6. The zero-order chi connectivity index (χ0) is 46.2. The zero-order valence-electron chi connectivity index (χ0n) is 38.5. The Bertz CT molecular complexity index is 2620. The summed E-state index contributed by atoms with van der Waals surface area (Å²) in [6, 6.07) is 106. The van der Waals surface area contributed by atoms with Crippen LogP contribution in [-0.2, 0) is 18.5 Å².